The average Bonchev–Trinajstić information content (AvgIpc) is 2.47. The zero-order chi connectivity index (χ0) is 15.2. The third-order valence-corrected chi connectivity index (χ3v) is 3.98. The number of amides is 1. The van der Waals surface area contributed by atoms with Crippen molar-refractivity contribution in [3.8, 4) is 0 Å². The summed E-state index contributed by atoms with van der Waals surface area (Å²) in [5, 5.41) is 0. The van der Waals surface area contributed by atoms with Gasteiger partial charge in [-0.3, -0.25) is 9.69 Å². The van der Waals surface area contributed by atoms with Crippen LogP contribution in [-0.4, -0.2) is 47.9 Å². The van der Waals surface area contributed by atoms with Gasteiger partial charge in [0.25, 0.3) is 0 Å². The number of benzene rings is 1. The number of hydrogen-bond donors (Lipinski definition) is 1. The highest BCUT2D eigenvalue weighted by Crippen LogP contribution is 2.11. The second-order valence-electron chi connectivity index (χ2n) is 6.32. The molecule has 116 valence electrons. The van der Waals surface area contributed by atoms with Crippen LogP contribution in [0.2, 0.25) is 0 Å². The Kier molecular flexibility index (Phi) is 5.76. The van der Waals surface area contributed by atoms with Crippen LogP contribution in [0.15, 0.2) is 30.3 Å². The van der Waals surface area contributed by atoms with Crippen LogP contribution in [0, 0.1) is 5.92 Å². The van der Waals surface area contributed by atoms with E-state index in [1.54, 1.807) is 0 Å². The van der Waals surface area contributed by atoms with E-state index in [9.17, 15) is 4.79 Å². The minimum atomic E-state index is -0.342. The molecular weight excluding hydrogens is 262 g/mol. The lowest BCUT2D eigenvalue weighted by Crippen LogP contribution is -2.53. The molecule has 2 N–H and O–H groups in total. The molecule has 1 aromatic carbocycles. The molecule has 0 aromatic heterocycles. The highest BCUT2D eigenvalue weighted by Gasteiger charge is 2.25. The lowest BCUT2D eigenvalue weighted by molar-refractivity contribution is -0.134. The summed E-state index contributed by atoms with van der Waals surface area (Å²) in [6, 6.07) is 10.1. The van der Waals surface area contributed by atoms with Gasteiger partial charge in [-0.1, -0.05) is 44.2 Å². The summed E-state index contributed by atoms with van der Waals surface area (Å²) in [5.41, 5.74) is 7.33. The van der Waals surface area contributed by atoms with E-state index in [-0.39, 0.29) is 11.9 Å². The van der Waals surface area contributed by atoms with Crippen molar-refractivity contribution < 1.29 is 4.79 Å². The van der Waals surface area contributed by atoms with Crippen LogP contribution in [-0.2, 0) is 11.3 Å². The van der Waals surface area contributed by atoms with Gasteiger partial charge in [0.05, 0.1) is 6.04 Å². The van der Waals surface area contributed by atoms with Gasteiger partial charge >= 0.3 is 0 Å². The van der Waals surface area contributed by atoms with Gasteiger partial charge in [-0.05, 0) is 17.9 Å². The third-order valence-electron chi connectivity index (χ3n) is 3.98. The van der Waals surface area contributed by atoms with E-state index in [2.05, 4.69) is 43.0 Å². The number of carbonyl (C=O) groups is 1. The fourth-order valence-electron chi connectivity index (χ4n) is 2.81. The highest BCUT2D eigenvalue weighted by atomic mass is 16.2. The van der Waals surface area contributed by atoms with E-state index in [1.165, 1.54) is 5.56 Å². The topological polar surface area (TPSA) is 49.6 Å². The molecule has 1 amide bonds. The lowest BCUT2D eigenvalue weighted by Gasteiger charge is -2.36. The van der Waals surface area contributed by atoms with Gasteiger partial charge in [-0.15, -0.1) is 0 Å². The van der Waals surface area contributed by atoms with Gasteiger partial charge in [0, 0.05) is 32.7 Å². The van der Waals surface area contributed by atoms with Gasteiger partial charge in [-0.2, -0.15) is 0 Å². The maximum Gasteiger partial charge on any atom is 0.239 e. The number of carbonyl (C=O) groups excluding carboxylic acids is 1. The Labute approximate surface area is 127 Å². The summed E-state index contributed by atoms with van der Waals surface area (Å²) in [5.74, 6) is 0.575. The van der Waals surface area contributed by atoms with Gasteiger partial charge in [-0.25, -0.2) is 0 Å². The second-order valence-corrected chi connectivity index (χ2v) is 6.32. The molecule has 0 unspecified atom stereocenters. The standard InChI is InChI=1S/C17H27N3O/c1-14(2)12-16(18)17(21)20-10-8-19(9-11-20)13-15-6-4-3-5-7-15/h3-7,14,16H,8-13,18H2,1-2H3/t16-/m0/s1. The van der Waals surface area contributed by atoms with E-state index in [4.69, 9.17) is 5.73 Å². The third kappa shape index (κ3) is 4.83. The van der Waals surface area contributed by atoms with Gasteiger partial charge in [0.1, 0.15) is 0 Å². The monoisotopic (exact) mass is 289 g/mol. The van der Waals surface area contributed by atoms with Crippen LogP contribution in [0.4, 0.5) is 0 Å². The molecule has 1 aromatic rings. The van der Waals surface area contributed by atoms with E-state index >= 15 is 0 Å². The summed E-state index contributed by atoms with van der Waals surface area (Å²) in [4.78, 5) is 16.6. The van der Waals surface area contributed by atoms with Crippen molar-refractivity contribution in [2.45, 2.75) is 32.9 Å². The molecule has 4 heteroatoms. The Morgan fingerprint density at radius 2 is 1.76 bits per heavy atom. The van der Waals surface area contributed by atoms with E-state index in [0.29, 0.717) is 5.92 Å². The van der Waals surface area contributed by atoms with E-state index in [1.807, 2.05) is 11.0 Å². The number of nitrogens with zero attached hydrogens (tertiary/aromatic N) is 2. The molecule has 1 saturated heterocycles. The molecule has 2 rings (SSSR count). The largest absolute Gasteiger partial charge is 0.339 e. The molecular formula is C17H27N3O. The van der Waals surface area contributed by atoms with Crippen LogP contribution in [0.5, 0.6) is 0 Å². The van der Waals surface area contributed by atoms with E-state index in [0.717, 1.165) is 39.1 Å². The Bertz CT molecular complexity index is 439. The summed E-state index contributed by atoms with van der Waals surface area (Å²) in [6.45, 7) is 8.59. The van der Waals surface area contributed by atoms with Crippen LogP contribution in [0.1, 0.15) is 25.8 Å². The maximum atomic E-state index is 12.3. The zero-order valence-electron chi connectivity index (χ0n) is 13.2. The molecule has 1 aliphatic rings. The van der Waals surface area contributed by atoms with Gasteiger partial charge in [0.15, 0.2) is 0 Å². The molecule has 0 spiro atoms. The Balaban J connectivity index is 1.79. The Morgan fingerprint density at radius 1 is 1.14 bits per heavy atom. The first-order chi connectivity index (χ1) is 10.1. The minimum Gasteiger partial charge on any atom is -0.339 e. The first kappa shape index (κ1) is 16.0. The Morgan fingerprint density at radius 3 is 2.33 bits per heavy atom. The molecule has 0 bridgehead atoms. The predicted molar refractivity (Wildman–Crippen MR) is 85.7 cm³/mol. The Hall–Kier alpha value is -1.39. The molecule has 21 heavy (non-hydrogen) atoms. The quantitative estimate of drug-likeness (QED) is 0.897. The summed E-state index contributed by atoms with van der Waals surface area (Å²) >= 11 is 0. The van der Waals surface area contributed by atoms with Crippen molar-refractivity contribution in [2.24, 2.45) is 11.7 Å². The first-order valence-corrected chi connectivity index (χ1v) is 7.87. The number of hydrogen-bond acceptors (Lipinski definition) is 3. The van der Waals surface area contributed by atoms with Crippen LogP contribution in [0.3, 0.4) is 0 Å². The summed E-state index contributed by atoms with van der Waals surface area (Å²) in [7, 11) is 0. The first-order valence-electron chi connectivity index (χ1n) is 7.87. The van der Waals surface area contributed by atoms with E-state index < -0.39 is 0 Å². The lowest BCUT2D eigenvalue weighted by atomic mass is 10.0. The van der Waals surface area contributed by atoms with Crippen molar-refractivity contribution >= 4 is 5.91 Å². The van der Waals surface area contributed by atoms with Crippen molar-refractivity contribution in [1.29, 1.82) is 0 Å². The van der Waals surface area contributed by atoms with Crippen LogP contribution < -0.4 is 5.73 Å². The molecule has 1 fully saturated rings. The SMILES string of the molecule is CC(C)C[C@H](N)C(=O)N1CCN(Cc2ccccc2)CC1. The molecule has 1 heterocycles. The fraction of sp³-hybridized carbons (Fsp3) is 0.588. The smallest absolute Gasteiger partial charge is 0.239 e. The fourth-order valence-corrected chi connectivity index (χ4v) is 2.81. The molecule has 1 atom stereocenters. The van der Waals surface area contributed by atoms with Crippen molar-refractivity contribution in [2.75, 3.05) is 26.2 Å². The maximum absolute atomic E-state index is 12.3. The molecule has 4 nitrogen and oxygen atoms in total. The second kappa shape index (κ2) is 7.57. The minimum absolute atomic E-state index is 0.114. The molecule has 0 saturated carbocycles. The van der Waals surface area contributed by atoms with Gasteiger partial charge in [0.2, 0.25) is 5.91 Å². The normalized spacial score (nSPS) is 18.0. The van der Waals surface area contributed by atoms with Crippen LogP contribution in [0.25, 0.3) is 0 Å². The number of rotatable bonds is 5. The molecule has 0 radical (unpaired) electrons. The summed E-state index contributed by atoms with van der Waals surface area (Å²) < 4.78 is 0. The van der Waals surface area contributed by atoms with Crippen molar-refractivity contribution in [3.63, 3.8) is 0 Å². The predicted octanol–water partition coefficient (Wildman–Crippen LogP) is 1.70. The highest BCUT2D eigenvalue weighted by molar-refractivity contribution is 5.81. The van der Waals surface area contributed by atoms with Crippen molar-refractivity contribution in [1.82, 2.24) is 9.80 Å². The van der Waals surface area contributed by atoms with Gasteiger partial charge < -0.3 is 10.6 Å². The number of piperazine rings is 1. The molecule has 0 aliphatic carbocycles. The number of nitrogens with two attached hydrogens (primary N) is 1. The zero-order valence-corrected chi connectivity index (χ0v) is 13.2. The van der Waals surface area contributed by atoms with Crippen molar-refractivity contribution in [3.05, 3.63) is 35.9 Å². The summed E-state index contributed by atoms with van der Waals surface area (Å²) in [6.07, 6.45) is 0.767. The molecule has 1 aliphatic heterocycles. The van der Waals surface area contributed by atoms with Crippen LogP contribution >= 0.6 is 0 Å². The average molecular weight is 289 g/mol.